The van der Waals surface area contributed by atoms with Crippen LogP contribution in [0.1, 0.15) is 40.9 Å². The van der Waals surface area contributed by atoms with Crippen molar-refractivity contribution in [2.75, 3.05) is 13.1 Å². The molecule has 1 heterocycles. The fraction of sp³-hybridized carbons (Fsp3) is 0.286. The van der Waals surface area contributed by atoms with E-state index in [1.165, 1.54) is 0 Å². The van der Waals surface area contributed by atoms with Crippen molar-refractivity contribution in [3.05, 3.63) is 81.4 Å². The van der Waals surface area contributed by atoms with Gasteiger partial charge < -0.3 is 10.6 Å². The van der Waals surface area contributed by atoms with Gasteiger partial charge in [-0.2, -0.15) is 0 Å². The first-order valence-electron chi connectivity index (χ1n) is 9.04. The van der Waals surface area contributed by atoms with Gasteiger partial charge in [0.15, 0.2) is 0 Å². The van der Waals surface area contributed by atoms with Crippen molar-refractivity contribution < 1.29 is 4.79 Å². The minimum atomic E-state index is -0.515. The lowest BCUT2D eigenvalue weighted by atomic mass is 9.87. The molecule has 156 valence electrons. The lowest BCUT2D eigenvalue weighted by Gasteiger charge is -2.36. The van der Waals surface area contributed by atoms with Gasteiger partial charge in [-0.3, -0.25) is 4.79 Å². The number of amides is 1. The van der Waals surface area contributed by atoms with Gasteiger partial charge in [-0.05, 0) is 34.7 Å². The van der Waals surface area contributed by atoms with Crippen LogP contribution in [0.25, 0.3) is 5.57 Å². The molecule has 6 nitrogen and oxygen atoms in total. The fourth-order valence-corrected chi connectivity index (χ4v) is 3.58. The summed E-state index contributed by atoms with van der Waals surface area (Å²) in [6.07, 6.45) is 0. The van der Waals surface area contributed by atoms with Crippen LogP contribution < -0.4 is 11.2 Å². The predicted octanol–water partition coefficient (Wildman–Crippen LogP) is 4.13. The molecule has 1 aliphatic heterocycles. The van der Waals surface area contributed by atoms with Crippen LogP contribution in [0.2, 0.25) is 0 Å². The first kappa shape index (κ1) is 24.6. The lowest BCUT2D eigenvalue weighted by Crippen LogP contribution is -2.34. The van der Waals surface area contributed by atoms with Gasteiger partial charge in [0.2, 0.25) is 0 Å². The third-order valence-electron chi connectivity index (χ3n) is 4.66. The largest absolute Gasteiger partial charge is 0.369 e. The van der Waals surface area contributed by atoms with Gasteiger partial charge in [-0.1, -0.05) is 50.2 Å². The quantitative estimate of drug-likeness (QED) is 0.526. The molecule has 2 aromatic rings. The first-order chi connectivity index (χ1) is 13.0. The highest BCUT2D eigenvalue weighted by Gasteiger charge is 2.26. The maximum Gasteiger partial charge on any atom is 0.273 e. The van der Waals surface area contributed by atoms with E-state index in [2.05, 4.69) is 24.0 Å². The minimum absolute atomic E-state index is 0. The maximum absolute atomic E-state index is 12.1. The summed E-state index contributed by atoms with van der Waals surface area (Å²) >= 11 is 0. The summed E-state index contributed by atoms with van der Waals surface area (Å²) in [7, 11) is 0. The number of carbonyl (C=O) groups is 1. The molecule has 0 saturated carbocycles. The second kappa shape index (κ2) is 11.0. The van der Waals surface area contributed by atoms with Crippen LogP contribution in [-0.2, 0) is 6.54 Å². The van der Waals surface area contributed by atoms with E-state index in [0.717, 1.165) is 41.1 Å². The maximum atomic E-state index is 12.1. The average molecular weight is 437 g/mol. The second-order valence-corrected chi connectivity index (χ2v) is 7.07. The Kier molecular flexibility index (Phi) is 9.30. The Bertz CT molecular complexity index is 886. The number of hydrogen-bond donors (Lipinski definition) is 2. The summed E-state index contributed by atoms with van der Waals surface area (Å²) in [5.41, 5.74) is 13.8. The molecule has 0 fully saturated rings. The molecule has 3 rings (SSSR count). The van der Waals surface area contributed by atoms with Crippen LogP contribution in [0.4, 0.5) is 0 Å². The van der Waals surface area contributed by atoms with Crippen molar-refractivity contribution in [1.82, 2.24) is 10.3 Å². The summed E-state index contributed by atoms with van der Waals surface area (Å²) in [6, 6.07) is 15.5. The zero-order valence-corrected chi connectivity index (χ0v) is 18.1. The van der Waals surface area contributed by atoms with Crippen molar-refractivity contribution in [2.45, 2.75) is 20.4 Å². The average Bonchev–Trinajstić information content (AvgIpc) is 2.67. The van der Waals surface area contributed by atoms with Crippen LogP contribution >= 0.6 is 24.8 Å². The van der Waals surface area contributed by atoms with E-state index >= 15 is 0 Å². The Hall–Kier alpha value is -2.41. The van der Waals surface area contributed by atoms with E-state index in [-0.39, 0.29) is 24.8 Å². The third-order valence-corrected chi connectivity index (χ3v) is 4.66. The summed E-state index contributed by atoms with van der Waals surface area (Å²) in [5.74, 6) is -0.0204. The molecule has 0 bridgehead atoms. The van der Waals surface area contributed by atoms with Crippen molar-refractivity contribution >= 4 is 36.3 Å². The number of carbonyl (C=O) groups excluding carboxylic acids is 1. The molecule has 0 unspecified atom stereocenters. The number of benzene rings is 2. The van der Waals surface area contributed by atoms with E-state index in [0.29, 0.717) is 18.0 Å². The zero-order valence-electron chi connectivity index (χ0n) is 16.4. The smallest absolute Gasteiger partial charge is 0.273 e. The Morgan fingerprint density at radius 2 is 1.86 bits per heavy atom. The molecule has 0 aromatic heterocycles. The SMILES string of the molecule is CC(C)CN1Cc2ccc(C(=O)NN=O)cc2C(c2ccccc2)=C1CN.Cl.Cl. The topological polar surface area (TPSA) is 87.8 Å². The zero-order chi connectivity index (χ0) is 19.4. The number of nitrogens with zero attached hydrogens (tertiary/aromatic N) is 2. The van der Waals surface area contributed by atoms with Gasteiger partial charge in [-0.25, -0.2) is 5.43 Å². The normalized spacial score (nSPS) is 12.6. The molecule has 0 saturated heterocycles. The minimum Gasteiger partial charge on any atom is -0.369 e. The first-order valence-corrected chi connectivity index (χ1v) is 9.04. The van der Waals surface area contributed by atoms with Gasteiger partial charge >= 0.3 is 0 Å². The monoisotopic (exact) mass is 436 g/mol. The Morgan fingerprint density at radius 1 is 1.17 bits per heavy atom. The molecule has 0 aliphatic carbocycles. The van der Waals surface area contributed by atoms with Crippen molar-refractivity contribution in [2.24, 2.45) is 16.9 Å². The summed E-state index contributed by atoms with van der Waals surface area (Å²) < 4.78 is 0. The second-order valence-electron chi connectivity index (χ2n) is 7.07. The highest BCUT2D eigenvalue weighted by molar-refractivity contribution is 5.96. The van der Waals surface area contributed by atoms with Crippen molar-refractivity contribution in [3.8, 4) is 0 Å². The molecular formula is C21H26Cl2N4O2. The number of nitrogens with two attached hydrogens (primary N) is 1. The van der Waals surface area contributed by atoms with E-state index in [4.69, 9.17) is 5.73 Å². The molecule has 1 amide bonds. The van der Waals surface area contributed by atoms with Crippen molar-refractivity contribution in [3.63, 3.8) is 0 Å². The Balaban J connectivity index is 0.00000210. The molecule has 0 radical (unpaired) electrons. The molecule has 8 heteroatoms. The number of nitrogens with one attached hydrogen (secondary N) is 1. The predicted molar refractivity (Wildman–Crippen MR) is 121 cm³/mol. The number of rotatable bonds is 6. The number of nitroso groups, excluding NO2 is 1. The van der Waals surface area contributed by atoms with Gasteiger partial charge in [-0.15, -0.1) is 29.7 Å². The molecule has 0 atom stereocenters. The van der Waals surface area contributed by atoms with Gasteiger partial charge in [0.05, 0.1) is 5.29 Å². The molecule has 3 N–H and O–H groups in total. The summed E-state index contributed by atoms with van der Waals surface area (Å²) in [6.45, 7) is 6.42. The van der Waals surface area contributed by atoms with E-state index in [1.54, 1.807) is 6.07 Å². The Labute approximate surface area is 183 Å². The van der Waals surface area contributed by atoms with E-state index in [1.807, 2.05) is 47.9 Å². The van der Waals surface area contributed by atoms with Crippen LogP contribution in [-0.4, -0.2) is 23.9 Å². The standard InChI is InChI=1S/C21H24N4O2.2ClH/c1-14(2)12-25-13-17-9-8-16(21(26)23-24-27)10-18(17)20(19(25)11-22)15-6-4-3-5-7-15;;/h3-10,14H,11-13,22H2,1-2H3,(H,23,26,27);2*1H. The molecule has 2 aromatic carbocycles. The Morgan fingerprint density at radius 3 is 2.45 bits per heavy atom. The lowest BCUT2D eigenvalue weighted by molar-refractivity contribution is 0.0954. The summed E-state index contributed by atoms with van der Waals surface area (Å²) in [5, 5.41) is 2.49. The summed E-state index contributed by atoms with van der Waals surface area (Å²) in [4.78, 5) is 24.8. The molecule has 1 aliphatic rings. The fourth-order valence-electron chi connectivity index (χ4n) is 3.58. The number of hydrogen-bond acceptors (Lipinski definition) is 5. The number of halogens is 2. The van der Waals surface area contributed by atoms with Crippen LogP contribution in [0.5, 0.6) is 0 Å². The third kappa shape index (κ3) is 5.35. The molecular weight excluding hydrogens is 411 g/mol. The highest BCUT2D eigenvalue weighted by atomic mass is 35.5. The van der Waals surface area contributed by atoms with Crippen LogP contribution in [0.3, 0.4) is 0 Å². The van der Waals surface area contributed by atoms with E-state index in [9.17, 15) is 9.70 Å². The van der Waals surface area contributed by atoms with Gasteiger partial charge in [0.1, 0.15) is 0 Å². The number of fused-ring (bicyclic) bond motifs is 1. The van der Waals surface area contributed by atoms with Crippen LogP contribution in [0.15, 0.2) is 59.5 Å². The van der Waals surface area contributed by atoms with Crippen molar-refractivity contribution in [1.29, 1.82) is 0 Å². The highest BCUT2D eigenvalue weighted by Crippen LogP contribution is 2.36. The van der Waals surface area contributed by atoms with Gasteiger partial charge in [0.25, 0.3) is 5.91 Å². The van der Waals surface area contributed by atoms with E-state index < -0.39 is 5.91 Å². The molecule has 29 heavy (non-hydrogen) atoms. The van der Waals surface area contributed by atoms with Crippen LogP contribution in [0, 0.1) is 10.8 Å². The van der Waals surface area contributed by atoms with Gasteiger partial charge in [0, 0.05) is 36.5 Å². The molecule has 0 spiro atoms.